The first kappa shape index (κ1) is 12.5. The Balaban J connectivity index is 2.56. The Bertz CT molecular complexity index is 291. The van der Waals surface area contributed by atoms with Crippen molar-refractivity contribution in [2.45, 2.75) is 31.8 Å². The minimum atomic E-state index is -0.588. The van der Waals surface area contributed by atoms with Crippen LogP contribution in [-0.4, -0.2) is 42.6 Å². The van der Waals surface area contributed by atoms with Crippen molar-refractivity contribution in [2.75, 3.05) is 13.7 Å². The smallest absolute Gasteiger partial charge is 0.407 e. The maximum atomic E-state index is 12.0. The summed E-state index contributed by atoms with van der Waals surface area (Å²) in [5, 5.41) is 2.46. The molecule has 1 rings (SSSR count). The van der Waals surface area contributed by atoms with Crippen LogP contribution >= 0.6 is 0 Å². The summed E-state index contributed by atoms with van der Waals surface area (Å²) in [5.74, 6) is -0.0900. The van der Waals surface area contributed by atoms with Gasteiger partial charge in [0.25, 0.3) is 0 Å². The van der Waals surface area contributed by atoms with Crippen LogP contribution in [0.4, 0.5) is 4.79 Å². The number of alkyl carbamates (subject to hydrolysis) is 1. The summed E-state index contributed by atoms with van der Waals surface area (Å²) in [4.78, 5) is 24.7. The van der Waals surface area contributed by atoms with Crippen molar-refractivity contribution in [3.05, 3.63) is 12.7 Å². The molecule has 1 heterocycles. The molecule has 2 unspecified atom stereocenters. The average molecular weight is 226 g/mol. The molecule has 1 saturated heterocycles. The van der Waals surface area contributed by atoms with E-state index >= 15 is 0 Å². The van der Waals surface area contributed by atoms with Crippen LogP contribution in [0.15, 0.2) is 12.7 Å². The lowest BCUT2D eigenvalue weighted by atomic mass is 10.2. The minimum absolute atomic E-state index is 0.0900. The fourth-order valence-corrected chi connectivity index (χ4v) is 1.86. The van der Waals surface area contributed by atoms with Gasteiger partial charge in [0.2, 0.25) is 5.91 Å². The number of carbonyl (C=O) groups excluding carboxylic acids is 2. The number of hydrogen-bond donors (Lipinski definition) is 1. The molecular formula is C11H18N2O3. The number of nitrogens with one attached hydrogen (secondary N) is 1. The van der Waals surface area contributed by atoms with E-state index in [1.54, 1.807) is 17.9 Å². The normalized spacial score (nSPS) is 21.4. The van der Waals surface area contributed by atoms with E-state index in [9.17, 15) is 9.59 Å². The zero-order valence-electron chi connectivity index (χ0n) is 9.73. The van der Waals surface area contributed by atoms with E-state index in [1.165, 1.54) is 7.11 Å². The zero-order valence-corrected chi connectivity index (χ0v) is 9.73. The van der Waals surface area contributed by atoms with Gasteiger partial charge in [-0.3, -0.25) is 4.79 Å². The van der Waals surface area contributed by atoms with E-state index in [4.69, 9.17) is 0 Å². The fraction of sp³-hybridized carbons (Fsp3) is 0.636. The van der Waals surface area contributed by atoms with E-state index in [1.807, 2.05) is 0 Å². The van der Waals surface area contributed by atoms with Gasteiger partial charge in [0, 0.05) is 12.6 Å². The summed E-state index contributed by atoms with van der Waals surface area (Å²) in [7, 11) is 1.27. The Kier molecular flexibility index (Phi) is 4.34. The average Bonchev–Trinajstić information content (AvgIpc) is 2.75. The third-order valence-electron chi connectivity index (χ3n) is 2.74. The zero-order chi connectivity index (χ0) is 12.1. The molecule has 1 N–H and O–H groups in total. The number of nitrogens with zero attached hydrogens (tertiary/aromatic N) is 1. The van der Waals surface area contributed by atoms with Crippen LogP contribution < -0.4 is 5.32 Å². The lowest BCUT2D eigenvalue weighted by Gasteiger charge is -2.25. The van der Waals surface area contributed by atoms with Crippen LogP contribution in [0, 0.1) is 0 Å². The second kappa shape index (κ2) is 5.53. The first-order chi connectivity index (χ1) is 7.60. The molecule has 2 amide bonds. The Morgan fingerprint density at radius 1 is 1.62 bits per heavy atom. The van der Waals surface area contributed by atoms with Gasteiger partial charge in [-0.15, -0.1) is 6.58 Å². The molecule has 0 spiro atoms. The molecule has 0 bridgehead atoms. The van der Waals surface area contributed by atoms with Gasteiger partial charge in [-0.25, -0.2) is 4.79 Å². The molecule has 2 atom stereocenters. The van der Waals surface area contributed by atoms with Crippen molar-refractivity contribution < 1.29 is 14.3 Å². The van der Waals surface area contributed by atoms with E-state index in [2.05, 4.69) is 16.6 Å². The lowest BCUT2D eigenvalue weighted by molar-refractivity contribution is -0.132. The standard InChI is InChI=1S/C11H18N2O3/c1-4-9-6-5-7-13(9)10(14)8(2)12-11(15)16-3/h4,8-9H,1,5-7H2,2-3H3,(H,12,15). The van der Waals surface area contributed by atoms with Crippen molar-refractivity contribution >= 4 is 12.0 Å². The predicted molar refractivity (Wildman–Crippen MR) is 59.9 cm³/mol. The molecule has 0 aromatic heterocycles. The third kappa shape index (κ3) is 2.74. The molecule has 1 fully saturated rings. The van der Waals surface area contributed by atoms with Gasteiger partial charge in [0.05, 0.1) is 7.11 Å². The number of methoxy groups -OCH3 is 1. The molecule has 16 heavy (non-hydrogen) atoms. The van der Waals surface area contributed by atoms with Crippen molar-refractivity contribution in [3.8, 4) is 0 Å². The number of ether oxygens (including phenoxy) is 1. The summed E-state index contributed by atoms with van der Waals surface area (Å²) in [6, 6.07) is -0.470. The van der Waals surface area contributed by atoms with Crippen LogP contribution in [0.2, 0.25) is 0 Å². The number of carbonyl (C=O) groups is 2. The second-order valence-electron chi connectivity index (χ2n) is 3.83. The van der Waals surface area contributed by atoms with E-state index in [0.717, 1.165) is 19.4 Å². The van der Waals surface area contributed by atoms with Crippen LogP contribution in [0.3, 0.4) is 0 Å². The van der Waals surface area contributed by atoms with Crippen molar-refractivity contribution in [3.63, 3.8) is 0 Å². The maximum Gasteiger partial charge on any atom is 0.407 e. The third-order valence-corrected chi connectivity index (χ3v) is 2.74. The highest BCUT2D eigenvalue weighted by atomic mass is 16.5. The molecule has 90 valence electrons. The van der Waals surface area contributed by atoms with Gasteiger partial charge in [-0.2, -0.15) is 0 Å². The summed E-state index contributed by atoms with van der Waals surface area (Å²) >= 11 is 0. The highest BCUT2D eigenvalue weighted by molar-refractivity contribution is 5.85. The molecule has 0 saturated carbocycles. The van der Waals surface area contributed by atoms with Gasteiger partial charge >= 0.3 is 6.09 Å². The minimum Gasteiger partial charge on any atom is -0.453 e. The van der Waals surface area contributed by atoms with Crippen LogP contribution in [-0.2, 0) is 9.53 Å². The second-order valence-corrected chi connectivity index (χ2v) is 3.83. The molecule has 0 radical (unpaired) electrons. The molecule has 0 aromatic carbocycles. The van der Waals surface area contributed by atoms with Crippen molar-refractivity contribution in [1.82, 2.24) is 10.2 Å². The number of hydrogen-bond acceptors (Lipinski definition) is 3. The SMILES string of the molecule is C=CC1CCCN1C(=O)C(C)NC(=O)OC. The first-order valence-corrected chi connectivity index (χ1v) is 5.37. The van der Waals surface area contributed by atoms with Crippen molar-refractivity contribution in [2.24, 2.45) is 0 Å². The van der Waals surface area contributed by atoms with Crippen molar-refractivity contribution in [1.29, 1.82) is 0 Å². The molecule has 0 aromatic rings. The summed E-state index contributed by atoms with van der Waals surface area (Å²) in [6.45, 7) is 6.08. The summed E-state index contributed by atoms with van der Waals surface area (Å²) < 4.78 is 4.45. The highest BCUT2D eigenvalue weighted by Crippen LogP contribution is 2.18. The predicted octanol–water partition coefficient (Wildman–Crippen LogP) is 0.908. The maximum absolute atomic E-state index is 12.0. The molecule has 5 heteroatoms. The Hall–Kier alpha value is -1.52. The Labute approximate surface area is 95.4 Å². The number of likely N-dealkylation sites (tertiary alicyclic amines) is 1. The van der Waals surface area contributed by atoms with Crippen LogP contribution in [0.25, 0.3) is 0 Å². The molecule has 0 aliphatic carbocycles. The molecule has 5 nitrogen and oxygen atoms in total. The van der Waals surface area contributed by atoms with Gasteiger partial charge in [-0.05, 0) is 19.8 Å². The first-order valence-electron chi connectivity index (χ1n) is 5.37. The highest BCUT2D eigenvalue weighted by Gasteiger charge is 2.30. The van der Waals surface area contributed by atoms with Gasteiger partial charge in [0.15, 0.2) is 0 Å². The van der Waals surface area contributed by atoms with Crippen LogP contribution in [0.5, 0.6) is 0 Å². The molecule has 1 aliphatic heterocycles. The van der Waals surface area contributed by atoms with Gasteiger partial charge in [-0.1, -0.05) is 6.08 Å². The van der Waals surface area contributed by atoms with Gasteiger partial charge < -0.3 is 15.0 Å². The molecule has 1 aliphatic rings. The lowest BCUT2D eigenvalue weighted by Crippen LogP contribution is -2.48. The Morgan fingerprint density at radius 3 is 2.88 bits per heavy atom. The summed E-state index contributed by atoms with van der Waals surface area (Å²) in [6.07, 6.45) is 3.11. The fourth-order valence-electron chi connectivity index (χ4n) is 1.86. The topological polar surface area (TPSA) is 58.6 Å². The largest absolute Gasteiger partial charge is 0.453 e. The quantitative estimate of drug-likeness (QED) is 0.728. The van der Waals surface area contributed by atoms with E-state index in [-0.39, 0.29) is 11.9 Å². The summed E-state index contributed by atoms with van der Waals surface area (Å²) in [5.41, 5.74) is 0. The molecular weight excluding hydrogens is 208 g/mol. The number of rotatable bonds is 3. The van der Waals surface area contributed by atoms with Crippen LogP contribution in [0.1, 0.15) is 19.8 Å². The van der Waals surface area contributed by atoms with E-state index in [0.29, 0.717) is 0 Å². The number of amides is 2. The monoisotopic (exact) mass is 226 g/mol. The van der Waals surface area contributed by atoms with Gasteiger partial charge in [0.1, 0.15) is 6.04 Å². The Morgan fingerprint density at radius 2 is 2.31 bits per heavy atom. The van der Waals surface area contributed by atoms with E-state index < -0.39 is 12.1 Å².